The molecule has 0 saturated carbocycles. The van der Waals surface area contributed by atoms with E-state index in [2.05, 4.69) is 94.1 Å². The summed E-state index contributed by atoms with van der Waals surface area (Å²) in [4.78, 5) is 1.17. The van der Waals surface area contributed by atoms with E-state index in [0.29, 0.717) is 0 Å². The van der Waals surface area contributed by atoms with Gasteiger partial charge in [-0.2, -0.15) is 0 Å². The highest BCUT2D eigenvalue weighted by atomic mass is 79.9. The Morgan fingerprint density at radius 1 is 1.04 bits per heavy atom. The molecule has 0 aliphatic carbocycles. The summed E-state index contributed by atoms with van der Waals surface area (Å²) in [5.74, 6) is 0.823. The number of nitrogens with zero attached hydrogens (tertiary/aromatic N) is 3. The van der Waals surface area contributed by atoms with Crippen LogP contribution in [0, 0.1) is 0 Å². The standard InChI is InChI=1S/C18H17BrN4S2/c1-18(2,3)12-6-4-11(5-7-12)16-20-21-17-23(16)22-13(10-24-17)14-8-9-15(19)25-14/h4-10,22H,1-3H3. The lowest BCUT2D eigenvalue weighted by Gasteiger charge is -2.20. The predicted molar refractivity (Wildman–Crippen MR) is 109 cm³/mol. The fraction of sp³-hybridized carbons (Fsp3) is 0.222. The van der Waals surface area contributed by atoms with E-state index in [0.717, 1.165) is 26.0 Å². The minimum absolute atomic E-state index is 0.138. The summed E-state index contributed by atoms with van der Waals surface area (Å²) >= 11 is 6.80. The summed E-state index contributed by atoms with van der Waals surface area (Å²) in [6.07, 6.45) is 0. The third-order valence-electron chi connectivity index (χ3n) is 4.00. The van der Waals surface area contributed by atoms with Crippen LogP contribution in [0.3, 0.4) is 0 Å². The lowest BCUT2D eigenvalue weighted by atomic mass is 9.87. The molecular formula is C18H17BrN4S2. The van der Waals surface area contributed by atoms with Crippen LogP contribution in [0.25, 0.3) is 17.1 Å². The van der Waals surface area contributed by atoms with Crippen molar-refractivity contribution in [3.8, 4) is 11.4 Å². The molecule has 0 bridgehead atoms. The number of fused-ring (bicyclic) bond motifs is 1. The van der Waals surface area contributed by atoms with Gasteiger partial charge in [0, 0.05) is 11.0 Å². The maximum atomic E-state index is 4.38. The fourth-order valence-electron chi connectivity index (χ4n) is 2.58. The van der Waals surface area contributed by atoms with Crippen LogP contribution in [0.4, 0.5) is 0 Å². The van der Waals surface area contributed by atoms with Gasteiger partial charge < -0.3 is 0 Å². The minimum Gasteiger partial charge on any atom is -0.288 e. The molecule has 1 aliphatic rings. The molecule has 4 nitrogen and oxygen atoms in total. The molecule has 3 heterocycles. The Morgan fingerprint density at radius 3 is 2.44 bits per heavy atom. The summed E-state index contributed by atoms with van der Waals surface area (Å²) in [6, 6.07) is 12.7. The SMILES string of the molecule is CC(C)(C)c1ccc(-c2nnc3n2NC(c2ccc(Br)s2)=CS3)cc1. The third kappa shape index (κ3) is 3.28. The monoisotopic (exact) mass is 432 g/mol. The van der Waals surface area contributed by atoms with Crippen LogP contribution in [-0.4, -0.2) is 14.9 Å². The van der Waals surface area contributed by atoms with Gasteiger partial charge in [-0.3, -0.25) is 5.43 Å². The van der Waals surface area contributed by atoms with Gasteiger partial charge in [0.15, 0.2) is 5.82 Å². The van der Waals surface area contributed by atoms with Crippen LogP contribution in [0.15, 0.2) is 50.7 Å². The Hall–Kier alpha value is -1.57. The smallest absolute Gasteiger partial charge is 0.214 e. The van der Waals surface area contributed by atoms with E-state index < -0.39 is 0 Å². The van der Waals surface area contributed by atoms with Crippen molar-refractivity contribution in [1.29, 1.82) is 0 Å². The number of rotatable bonds is 2. The van der Waals surface area contributed by atoms with Crippen molar-refractivity contribution in [2.75, 3.05) is 5.43 Å². The van der Waals surface area contributed by atoms with E-state index in [1.165, 1.54) is 10.4 Å². The molecule has 128 valence electrons. The van der Waals surface area contributed by atoms with Gasteiger partial charge in [0.25, 0.3) is 0 Å². The molecule has 0 spiro atoms. The largest absolute Gasteiger partial charge is 0.288 e. The zero-order chi connectivity index (χ0) is 17.6. The molecular weight excluding hydrogens is 416 g/mol. The number of benzene rings is 1. The molecule has 0 radical (unpaired) electrons. The topological polar surface area (TPSA) is 42.7 Å². The van der Waals surface area contributed by atoms with E-state index in [9.17, 15) is 0 Å². The maximum Gasteiger partial charge on any atom is 0.214 e. The van der Waals surface area contributed by atoms with Crippen LogP contribution in [0.5, 0.6) is 0 Å². The molecule has 0 amide bonds. The first-order valence-electron chi connectivity index (χ1n) is 7.88. The van der Waals surface area contributed by atoms with Gasteiger partial charge in [-0.15, -0.1) is 21.5 Å². The summed E-state index contributed by atoms with van der Waals surface area (Å²) in [6.45, 7) is 6.65. The lowest BCUT2D eigenvalue weighted by molar-refractivity contribution is 0.590. The molecule has 2 aromatic heterocycles. The second-order valence-corrected chi connectivity index (χ2v) is 10.1. The number of hydrogen-bond acceptors (Lipinski definition) is 5. The average molecular weight is 433 g/mol. The van der Waals surface area contributed by atoms with E-state index >= 15 is 0 Å². The molecule has 0 fully saturated rings. The number of aromatic nitrogens is 3. The Kier molecular flexibility index (Phi) is 4.25. The van der Waals surface area contributed by atoms with Crippen LogP contribution >= 0.6 is 39.0 Å². The van der Waals surface area contributed by atoms with Crippen LogP contribution in [0.1, 0.15) is 31.2 Å². The van der Waals surface area contributed by atoms with Crippen molar-refractivity contribution >= 4 is 44.7 Å². The van der Waals surface area contributed by atoms with Gasteiger partial charge in [0.1, 0.15) is 0 Å². The van der Waals surface area contributed by atoms with Gasteiger partial charge in [-0.05, 0) is 39.0 Å². The van der Waals surface area contributed by atoms with Crippen LogP contribution < -0.4 is 5.43 Å². The zero-order valence-electron chi connectivity index (χ0n) is 14.1. The number of halogens is 1. The molecule has 1 aliphatic heterocycles. The molecule has 1 aromatic carbocycles. The maximum absolute atomic E-state index is 4.38. The van der Waals surface area contributed by atoms with Crippen molar-refractivity contribution in [2.24, 2.45) is 0 Å². The molecule has 0 saturated heterocycles. The van der Waals surface area contributed by atoms with Crippen molar-refractivity contribution < 1.29 is 0 Å². The van der Waals surface area contributed by atoms with Crippen molar-refractivity contribution in [1.82, 2.24) is 14.9 Å². The van der Waals surface area contributed by atoms with Crippen molar-refractivity contribution in [2.45, 2.75) is 31.3 Å². The van der Waals surface area contributed by atoms with Crippen molar-refractivity contribution in [3.05, 3.63) is 56.0 Å². The van der Waals surface area contributed by atoms with Crippen LogP contribution in [0.2, 0.25) is 0 Å². The summed E-state index contributed by atoms with van der Waals surface area (Å²) < 4.78 is 3.07. The van der Waals surface area contributed by atoms with E-state index in [1.807, 2.05) is 4.68 Å². The molecule has 1 N–H and O–H groups in total. The number of thioether (sulfide) groups is 1. The first-order valence-corrected chi connectivity index (χ1v) is 10.4. The third-order valence-corrected chi connectivity index (χ3v) is 6.48. The highest BCUT2D eigenvalue weighted by molar-refractivity contribution is 9.11. The second-order valence-electron chi connectivity index (χ2n) is 6.83. The van der Waals surface area contributed by atoms with Crippen molar-refractivity contribution in [3.63, 3.8) is 0 Å². The Balaban J connectivity index is 1.66. The summed E-state index contributed by atoms with van der Waals surface area (Å²) in [5, 5.41) is 11.6. The van der Waals surface area contributed by atoms with Gasteiger partial charge in [0.2, 0.25) is 5.16 Å². The van der Waals surface area contributed by atoms with Gasteiger partial charge in [0.05, 0.1) is 14.4 Å². The Labute approximate surface area is 163 Å². The van der Waals surface area contributed by atoms with Gasteiger partial charge >= 0.3 is 0 Å². The molecule has 0 unspecified atom stereocenters. The quantitative estimate of drug-likeness (QED) is 0.562. The molecule has 0 atom stereocenters. The van der Waals surface area contributed by atoms with Crippen LogP contribution in [-0.2, 0) is 5.41 Å². The summed E-state index contributed by atoms with van der Waals surface area (Å²) in [5.41, 5.74) is 6.99. The average Bonchev–Trinajstić information content (AvgIpc) is 3.19. The van der Waals surface area contributed by atoms with E-state index in [-0.39, 0.29) is 5.41 Å². The molecule has 7 heteroatoms. The highest BCUT2D eigenvalue weighted by Crippen LogP contribution is 2.35. The van der Waals surface area contributed by atoms with E-state index in [1.54, 1.807) is 23.1 Å². The normalized spacial score (nSPS) is 14.0. The molecule has 4 rings (SSSR count). The Bertz CT molecular complexity index is 948. The highest BCUT2D eigenvalue weighted by Gasteiger charge is 2.21. The predicted octanol–water partition coefficient (Wildman–Crippen LogP) is 5.71. The number of thiophene rings is 1. The number of hydrogen-bond donors (Lipinski definition) is 1. The number of nitrogens with one attached hydrogen (secondary N) is 1. The molecule has 25 heavy (non-hydrogen) atoms. The van der Waals surface area contributed by atoms with Gasteiger partial charge in [-0.1, -0.05) is 56.8 Å². The second kappa shape index (κ2) is 6.30. The zero-order valence-corrected chi connectivity index (χ0v) is 17.3. The molecule has 3 aromatic rings. The Morgan fingerprint density at radius 2 is 1.80 bits per heavy atom. The minimum atomic E-state index is 0.138. The fourth-order valence-corrected chi connectivity index (χ4v) is 4.74. The first-order chi connectivity index (χ1) is 11.9. The van der Waals surface area contributed by atoms with E-state index in [4.69, 9.17) is 0 Å². The lowest BCUT2D eigenvalue weighted by Crippen LogP contribution is -2.18. The summed E-state index contributed by atoms with van der Waals surface area (Å²) in [7, 11) is 0. The first kappa shape index (κ1) is 16.9. The van der Waals surface area contributed by atoms with Gasteiger partial charge in [-0.25, -0.2) is 4.68 Å².